The van der Waals surface area contributed by atoms with E-state index < -0.39 is 5.60 Å². The first kappa shape index (κ1) is 10.8. The molecule has 0 heterocycles. The van der Waals surface area contributed by atoms with Crippen molar-refractivity contribution in [3.8, 4) is 0 Å². The summed E-state index contributed by atoms with van der Waals surface area (Å²) in [7, 11) is 0. The van der Waals surface area contributed by atoms with E-state index in [0.29, 0.717) is 12.0 Å². The molecule has 1 aromatic carbocycles. The van der Waals surface area contributed by atoms with Gasteiger partial charge in [0.05, 0.1) is 0 Å². The van der Waals surface area contributed by atoms with Gasteiger partial charge >= 0.3 is 0 Å². The summed E-state index contributed by atoms with van der Waals surface area (Å²) in [5, 5.41) is 10.5. The highest BCUT2D eigenvalue weighted by Crippen LogP contribution is 2.28. The minimum absolute atomic E-state index is 0.153. The minimum Gasteiger partial charge on any atom is -0.377 e. The molecule has 0 spiro atoms. The molecular formula is C14H14O2. The fraction of sp³-hybridized carbons (Fsp3) is 0.214. The summed E-state index contributed by atoms with van der Waals surface area (Å²) in [6, 6.07) is 9.11. The molecule has 16 heavy (non-hydrogen) atoms. The molecule has 1 aliphatic rings. The molecule has 1 N–H and O–H groups in total. The fourth-order valence-corrected chi connectivity index (χ4v) is 1.85. The van der Waals surface area contributed by atoms with Crippen molar-refractivity contribution in [1.29, 1.82) is 0 Å². The number of allylic oxidation sites excluding steroid dienone is 3. The molecule has 0 bridgehead atoms. The van der Waals surface area contributed by atoms with Crippen molar-refractivity contribution in [2.45, 2.75) is 18.4 Å². The Morgan fingerprint density at radius 2 is 1.75 bits per heavy atom. The standard InChI is InChI=1S/C14H14O2/c15-13-10-6-1-2-7-11-14(13,16)12-8-4-3-5-9-12/h1-9,16H,10-11H2. The minimum atomic E-state index is -1.37. The van der Waals surface area contributed by atoms with Crippen molar-refractivity contribution < 1.29 is 9.90 Å². The molecule has 82 valence electrons. The molecule has 1 atom stereocenters. The van der Waals surface area contributed by atoms with E-state index in [1.165, 1.54) is 0 Å². The lowest BCUT2D eigenvalue weighted by Gasteiger charge is -2.26. The van der Waals surface area contributed by atoms with E-state index >= 15 is 0 Å². The third-order valence-electron chi connectivity index (χ3n) is 2.81. The third-order valence-corrected chi connectivity index (χ3v) is 2.81. The lowest BCUT2D eigenvalue weighted by atomic mass is 9.84. The Morgan fingerprint density at radius 1 is 1.06 bits per heavy atom. The van der Waals surface area contributed by atoms with Crippen LogP contribution in [0.25, 0.3) is 0 Å². The van der Waals surface area contributed by atoms with Gasteiger partial charge in [-0.1, -0.05) is 54.6 Å². The number of carbonyl (C=O) groups excluding carboxylic acids is 1. The lowest BCUT2D eigenvalue weighted by Crippen LogP contribution is -2.35. The van der Waals surface area contributed by atoms with E-state index in [9.17, 15) is 9.90 Å². The number of ketones is 1. The predicted molar refractivity (Wildman–Crippen MR) is 62.9 cm³/mol. The van der Waals surface area contributed by atoms with Crippen LogP contribution in [-0.4, -0.2) is 10.9 Å². The van der Waals surface area contributed by atoms with Gasteiger partial charge in [-0.3, -0.25) is 4.79 Å². The fourth-order valence-electron chi connectivity index (χ4n) is 1.85. The van der Waals surface area contributed by atoms with Gasteiger partial charge in [0, 0.05) is 12.8 Å². The molecule has 2 nitrogen and oxygen atoms in total. The van der Waals surface area contributed by atoms with E-state index in [-0.39, 0.29) is 12.2 Å². The Hall–Kier alpha value is -1.67. The van der Waals surface area contributed by atoms with Gasteiger partial charge in [0.25, 0.3) is 0 Å². The first-order chi connectivity index (χ1) is 7.73. The Bertz CT molecular complexity index is 431. The van der Waals surface area contributed by atoms with Crippen LogP contribution >= 0.6 is 0 Å². The maximum atomic E-state index is 12.0. The summed E-state index contributed by atoms with van der Waals surface area (Å²) < 4.78 is 0. The van der Waals surface area contributed by atoms with Gasteiger partial charge in [-0.2, -0.15) is 0 Å². The summed E-state index contributed by atoms with van der Waals surface area (Å²) in [5.41, 5.74) is -0.706. The third kappa shape index (κ3) is 1.97. The molecule has 0 amide bonds. The van der Waals surface area contributed by atoms with Crippen LogP contribution < -0.4 is 0 Å². The van der Waals surface area contributed by atoms with Crippen molar-refractivity contribution in [3.05, 3.63) is 60.2 Å². The van der Waals surface area contributed by atoms with Crippen LogP contribution in [0.4, 0.5) is 0 Å². The van der Waals surface area contributed by atoms with E-state index in [0.717, 1.165) is 0 Å². The molecule has 1 aliphatic carbocycles. The summed E-state index contributed by atoms with van der Waals surface area (Å²) in [6.45, 7) is 0. The molecule has 0 radical (unpaired) electrons. The number of benzene rings is 1. The van der Waals surface area contributed by atoms with Gasteiger partial charge in [0.2, 0.25) is 0 Å². The van der Waals surface area contributed by atoms with Crippen molar-refractivity contribution in [1.82, 2.24) is 0 Å². The second kappa shape index (κ2) is 4.45. The first-order valence-electron chi connectivity index (χ1n) is 5.36. The summed E-state index contributed by atoms with van der Waals surface area (Å²) in [6.07, 6.45) is 7.89. The van der Waals surface area contributed by atoms with Gasteiger partial charge in [0.1, 0.15) is 0 Å². The second-order valence-electron chi connectivity index (χ2n) is 3.91. The molecule has 0 saturated heterocycles. The van der Waals surface area contributed by atoms with E-state index in [1.807, 2.05) is 36.4 Å². The van der Waals surface area contributed by atoms with E-state index in [2.05, 4.69) is 0 Å². The smallest absolute Gasteiger partial charge is 0.172 e. The Balaban J connectivity index is 2.39. The number of aliphatic hydroxyl groups is 1. The van der Waals surface area contributed by atoms with Gasteiger partial charge in [0.15, 0.2) is 11.4 Å². The van der Waals surface area contributed by atoms with Crippen LogP contribution in [0.1, 0.15) is 18.4 Å². The molecular weight excluding hydrogens is 200 g/mol. The molecule has 2 heteroatoms. The summed E-state index contributed by atoms with van der Waals surface area (Å²) in [4.78, 5) is 12.0. The topological polar surface area (TPSA) is 37.3 Å². The van der Waals surface area contributed by atoms with Gasteiger partial charge in [-0.25, -0.2) is 0 Å². The van der Waals surface area contributed by atoms with Crippen molar-refractivity contribution >= 4 is 5.78 Å². The van der Waals surface area contributed by atoms with E-state index in [4.69, 9.17) is 0 Å². The highest BCUT2D eigenvalue weighted by atomic mass is 16.3. The quantitative estimate of drug-likeness (QED) is 0.779. The van der Waals surface area contributed by atoms with Crippen LogP contribution in [0.2, 0.25) is 0 Å². The van der Waals surface area contributed by atoms with Crippen LogP contribution in [0.15, 0.2) is 54.6 Å². The number of carbonyl (C=O) groups is 1. The largest absolute Gasteiger partial charge is 0.377 e. The van der Waals surface area contributed by atoms with Crippen LogP contribution in [0.5, 0.6) is 0 Å². The molecule has 1 aromatic rings. The van der Waals surface area contributed by atoms with Gasteiger partial charge in [-0.05, 0) is 5.56 Å². The van der Waals surface area contributed by atoms with Gasteiger partial charge < -0.3 is 5.11 Å². The highest BCUT2D eigenvalue weighted by molar-refractivity contribution is 5.89. The van der Waals surface area contributed by atoms with Crippen LogP contribution in [0.3, 0.4) is 0 Å². The number of hydrogen-bond acceptors (Lipinski definition) is 2. The first-order valence-corrected chi connectivity index (χ1v) is 5.36. The average Bonchev–Trinajstić information content (AvgIpc) is 2.32. The number of rotatable bonds is 1. The molecule has 0 aromatic heterocycles. The van der Waals surface area contributed by atoms with Gasteiger partial charge in [-0.15, -0.1) is 0 Å². The summed E-state index contributed by atoms with van der Waals surface area (Å²) in [5.74, 6) is -0.153. The molecule has 1 unspecified atom stereocenters. The zero-order chi connectivity index (χ0) is 11.4. The van der Waals surface area contributed by atoms with Crippen molar-refractivity contribution in [2.75, 3.05) is 0 Å². The average molecular weight is 214 g/mol. The number of Topliss-reactive ketones (excluding diaryl/α,β-unsaturated/α-hetero) is 1. The lowest BCUT2D eigenvalue weighted by molar-refractivity contribution is -0.137. The predicted octanol–water partition coefficient (Wildman–Crippen LogP) is 2.35. The highest BCUT2D eigenvalue weighted by Gasteiger charge is 2.35. The number of hydrogen-bond donors (Lipinski definition) is 1. The summed E-state index contributed by atoms with van der Waals surface area (Å²) >= 11 is 0. The molecule has 0 saturated carbocycles. The van der Waals surface area contributed by atoms with Crippen molar-refractivity contribution in [3.63, 3.8) is 0 Å². The van der Waals surface area contributed by atoms with E-state index in [1.54, 1.807) is 18.2 Å². The second-order valence-corrected chi connectivity index (χ2v) is 3.91. The van der Waals surface area contributed by atoms with Crippen molar-refractivity contribution in [2.24, 2.45) is 0 Å². The maximum Gasteiger partial charge on any atom is 0.172 e. The monoisotopic (exact) mass is 214 g/mol. The Labute approximate surface area is 94.9 Å². The van der Waals surface area contributed by atoms with Crippen LogP contribution in [-0.2, 0) is 10.4 Å². The SMILES string of the molecule is O=C1CC=CC=CCC1(O)c1ccccc1. The maximum absolute atomic E-state index is 12.0. The Kier molecular flexibility index (Phi) is 3.02. The van der Waals surface area contributed by atoms with Crippen LogP contribution in [0, 0.1) is 0 Å². The zero-order valence-electron chi connectivity index (χ0n) is 8.97. The Morgan fingerprint density at radius 3 is 2.50 bits per heavy atom. The molecule has 0 aliphatic heterocycles. The zero-order valence-corrected chi connectivity index (χ0v) is 8.97. The normalized spacial score (nSPS) is 25.2. The molecule has 2 rings (SSSR count). The molecule has 0 fully saturated rings.